The average Bonchev–Trinajstić information content (AvgIpc) is 2.93. The van der Waals surface area contributed by atoms with Crippen LogP contribution in [0.3, 0.4) is 0 Å². The Morgan fingerprint density at radius 3 is 2.71 bits per heavy atom. The van der Waals surface area contributed by atoms with Crippen molar-refractivity contribution in [1.82, 2.24) is 9.97 Å². The number of fused-ring (bicyclic) bond motifs is 1. The van der Waals surface area contributed by atoms with E-state index in [0.717, 1.165) is 54.1 Å². The summed E-state index contributed by atoms with van der Waals surface area (Å²) in [4.78, 5) is 7.53. The molecule has 1 aromatic heterocycles. The second-order valence-corrected chi connectivity index (χ2v) is 5.88. The molecule has 21 heavy (non-hydrogen) atoms. The van der Waals surface area contributed by atoms with Gasteiger partial charge in [0, 0.05) is 23.0 Å². The SMILES string of the molecule is CCC1(CC)CCc2c(O)cc(-c3ncc(C)[nH]3)cc2O1. The first-order chi connectivity index (χ1) is 10.1. The van der Waals surface area contributed by atoms with Crippen molar-refractivity contribution >= 4 is 0 Å². The number of aryl methyl sites for hydroxylation is 1. The van der Waals surface area contributed by atoms with Gasteiger partial charge in [0.2, 0.25) is 0 Å². The van der Waals surface area contributed by atoms with Crippen LogP contribution in [-0.4, -0.2) is 20.7 Å². The van der Waals surface area contributed by atoms with Crippen LogP contribution >= 0.6 is 0 Å². The zero-order valence-electron chi connectivity index (χ0n) is 12.9. The third-order valence-corrected chi connectivity index (χ3v) is 4.61. The zero-order valence-corrected chi connectivity index (χ0v) is 12.9. The minimum Gasteiger partial charge on any atom is -0.508 e. The van der Waals surface area contributed by atoms with Gasteiger partial charge in [0.05, 0.1) is 0 Å². The van der Waals surface area contributed by atoms with Gasteiger partial charge in [-0.2, -0.15) is 0 Å². The lowest BCUT2D eigenvalue weighted by atomic mass is 9.86. The molecule has 2 aromatic rings. The van der Waals surface area contributed by atoms with Gasteiger partial charge in [0.1, 0.15) is 22.9 Å². The molecule has 0 fully saturated rings. The number of aromatic hydroxyl groups is 1. The van der Waals surface area contributed by atoms with E-state index in [1.54, 1.807) is 12.3 Å². The number of aromatic nitrogens is 2. The van der Waals surface area contributed by atoms with Crippen molar-refractivity contribution in [3.8, 4) is 22.9 Å². The van der Waals surface area contributed by atoms with Gasteiger partial charge in [-0.05, 0) is 44.7 Å². The number of nitrogens with one attached hydrogen (secondary N) is 1. The summed E-state index contributed by atoms with van der Waals surface area (Å²) in [7, 11) is 0. The smallest absolute Gasteiger partial charge is 0.137 e. The number of aromatic amines is 1. The van der Waals surface area contributed by atoms with Crippen LogP contribution in [-0.2, 0) is 6.42 Å². The second kappa shape index (κ2) is 5.10. The maximum atomic E-state index is 10.3. The van der Waals surface area contributed by atoms with E-state index in [1.807, 2.05) is 13.0 Å². The first-order valence-electron chi connectivity index (χ1n) is 7.64. The van der Waals surface area contributed by atoms with Crippen LogP contribution in [0, 0.1) is 6.92 Å². The Kier molecular flexibility index (Phi) is 3.40. The number of hydrogen-bond donors (Lipinski definition) is 2. The Balaban J connectivity index is 2.04. The van der Waals surface area contributed by atoms with Crippen LogP contribution in [0.5, 0.6) is 11.5 Å². The monoisotopic (exact) mass is 286 g/mol. The van der Waals surface area contributed by atoms with Crippen LogP contribution in [0.1, 0.15) is 44.4 Å². The van der Waals surface area contributed by atoms with Crippen molar-refractivity contribution in [2.45, 2.75) is 52.1 Å². The second-order valence-electron chi connectivity index (χ2n) is 5.88. The fraction of sp³-hybridized carbons (Fsp3) is 0.471. The average molecular weight is 286 g/mol. The lowest BCUT2D eigenvalue weighted by Gasteiger charge is -2.38. The summed E-state index contributed by atoms with van der Waals surface area (Å²) in [6.07, 6.45) is 5.57. The summed E-state index contributed by atoms with van der Waals surface area (Å²) in [5.74, 6) is 1.87. The summed E-state index contributed by atoms with van der Waals surface area (Å²) in [6, 6.07) is 3.76. The Morgan fingerprint density at radius 2 is 2.10 bits per heavy atom. The molecule has 4 heteroatoms. The van der Waals surface area contributed by atoms with E-state index < -0.39 is 0 Å². The van der Waals surface area contributed by atoms with Crippen molar-refractivity contribution in [3.63, 3.8) is 0 Å². The van der Waals surface area contributed by atoms with Crippen LogP contribution in [0.15, 0.2) is 18.3 Å². The van der Waals surface area contributed by atoms with E-state index in [0.29, 0.717) is 5.75 Å². The van der Waals surface area contributed by atoms with Gasteiger partial charge in [0.25, 0.3) is 0 Å². The molecule has 1 aliphatic heterocycles. The third kappa shape index (κ3) is 2.39. The molecule has 0 unspecified atom stereocenters. The molecule has 1 aliphatic rings. The van der Waals surface area contributed by atoms with E-state index in [4.69, 9.17) is 4.74 Å². The number of phenolic OH excluding ortho intramolecular Hbond substituents is 1. The molecule has 0 amide bonds. The summed E-state index contributed by atoms with van der Waals surface area (Å²) in [5, 5.41) is 10.3. The highest BCUT2D eigenvalue weighted by molar-refractivity contribution is 5.64. The van der Waals surface area contributed by atoms with E-state index in [2.05, 4.69) is 23.8 Å². The summed E-state index contributed by atoms with van der Waals surface area (Å²) in [5.41, 5.74) is 2.68. The zero-order chi connectivity index (χ0) is 15.0. The maximum Gasteiger partial charge on any atom is 0.137 e. The molecule has 112 valence electrons. The largest absolute Gasteiger partial charge is 0.508 e. The van der Waals surface area contributed by atoms with Crippen molar-refractivity contribution in [2.24, 2.45) is 0 Å². The molecule has 0 spiro atoms. The van der Waals surface area contributed by atoms with Crippen molar-refractivity contribution in [2.75, 3.05) is 0 Å². The molecule has 0 atom stereocenters. The van der Waals surface area contributed by atoms with Gasteiger partial charge in [-0.15, -0.1) is 0 Å². The molecule has 3 rings (SSSR count). The number of phenols is 1. The molecular weight excluding hydrogens is 264 g/mol. The van der Waals surface area contributed by atoms with Gasteiger partial charge in [-0.25, -0.2) is 4.98 Å². The molecule has 2 N–H and O–H groups in total. The number of ether oxygens (including phenoxy) is 1. The van der Waals surface area contributed by atoms with Gasteiger partial charge in [-0.1, -0.05) is 13.8 Å². The summed E-state index contributed by atoms with van der Waals surface area (Å²) in [6.45, 7) is 6.28. The number of rotatable bonds is 3. The van der Waals surface area contributed by atoms with Gasteiger partial charge in [-0.3, -0.25) is 0 Å². The molecule has 2 heterocycles. The molecule has 0 bridgehead atoms. The third-order valence-electron chi connectivity index (χ3n) is 4.61. The molecule has 0 saturated carbocycles. The molecule has 0 saturated heterocycles. The highest BCUT2D eigenvalue weighted by Gasteiger charge is 2.34. The molecule has 1 aromatic carbocycles. The van der Waals surface area contributed by atoms with E-state index in [-0.39, 0.29) is 5.60 Å². The molecule has 0 aliphatic carbocycles. The fourth-order valence-corrected chi connectivity index (χ4v) is 3.05. The first-order valence-corrected chi connectivity index (χ1v) is 7.64. The number of nitrogens with zero attached hydrogens (tertiary/aromatic N) is 1. The topological polar surface area (TPSA) is 58.1 Å². The van der Waals surface area contributed by atoms with E-state index >= 15 is 0 Å². The van der Waals surface area contributed by atoms with Crippen LogP contribution in [0.4, 0.5) is 0 Å². The fourth-order valence-electron chi connectivity index (χ4n) is 3.05. The minimum atomic E-state index is -0.100. The molecular formula is C17H22N2O2. The Labute approximate surface area is 125 Å². The van der Waals surface area contributed by atoms with Crippen molar-refractivity contribution in [1.29, 1.82) is 0 Å². The van der Waals surface area contributed by atoms with E-state index in [1.165, 1.54) is 0 Å². The summed E-state index contributed by atoms with van der Waals surface area (Å²) >= 11 is 0. The number of imidazole rings is 1. The van der Waals surface area contributed by atoms with Crippen LogP contribution in [0.25, 0.3) is 11.4 Å². The van der Waals surface area contributed by atoms with Crippen molar-refractivity contribution < 1.29 is 9.84 Å². The van der Waals surface area contributed by atoms with Crippen LogP contribution in [0.2, 0.25) is 0 Å². The van der Waals surface area contributed by atoms with Gasteiger partial charge >= 0.3 is 0 Å². The summed E-state index contributed by atoms with van der Waals surface area (Å²) < 4.78 is 6.27. The predicted molar refractivity (Wildman–Crippen MR) is 82.7 cm³/mol. The molecule has 4 nitrogen and oxygen atoms in total. The minimum absolute atomic E-state index is 0.100. The normalized spacial score (nSPS) is 16.3. The lowest BCUT2D eigenvalue weighted by Crippen LogP contribution is -2.38. The Hall–Kier alpha value is -1.97. The standard InChI is InChI=1S/C17H22N2O2/c1-4-17(5-2)7-6-13-14(20)8-12(9-15(13)21-17)16-18-10-11(3)19-16/h8-10,20H,4-7H2,1-3H3,(H,18,19). The van der Waals surface area contributed by atoms with E-state index in [9.17, 15) is 5.11 Å². The van der Waals surface area contributed by atoms with Crippen LogP contribution < -0.4 is 4.74 Å². The predicted octanol–water partition coefficient (Wildman–Crippen LogP) is 3.97. The maximum absolute atomic E-state index is 10.3. The number of hydrogen-bond acceptors (Lipinski definition) is 3. The highest BCUT2D eigenvalue weighted by Crippen LogP contribution is 2.43. The van der Waals surface area contributed by atoms with Crippen molar-refractivity contribution in [3.05, 3.63) is 29.6 Å². The Morgan fingerprint density at radius 1 is 1.33 bits per heavy atom. The number of H-pyrrole nitrogens is 1. The van der Waals surface area contributed by atoms with Gasteiger partial charge in [0.15, 0.2) is 0 Å². The number of benzene rings is 1. The molecule has 0 radical (unpaired) electrons. The quantitative estimate of drug-likeness (QED) is 0.897. The highest BCUT2D eigenvalue weighted by atomic mass is 16.5. The Bertz CT molecular complexity index is 657. The first kappa shape index (κ1) is 14.0. The van der Waals surface area contributed by atoms with Gasteiger partial charge < -0.3 is 14.8 Å². The lowest BCUT2D eigenvalue weighted by molar-refractivity contribution is 0.0377.